The highest BCUT2D eigenvalue weighted by Gasteiger charge is 2.11. The third-order valence-electron chi connectivity index (χ3n) is 2.90. The van der Waals surface area contributed by atoms with E-state index in [2.05, 4.69) is 5.32 Å². The molecule has 0 bridgehead atoms. The van der Waals surface area contributed by atoms with Crippen molar-refractivity contribution in [2.24, 2.45) is 0 Å². The van der Waals surface area contributed by atoms with Crippen LogP contribution in [-0.4, -0.2) is 0 Å². The second-order valence-corrected chi connectivity index (χ2v) is 4.37. The number of rotatable bonds is 4. The zero-order valence-corrected chi connectivity index (χ0v) is 10.8. The summed E-state index contributed by atoms with van der Waals surface area (Å²) in [6, 6.07) is 6.59. The van der Waals surface area contributed by atoms with Gasteiger partial charge in [0.15, 0.2) is 0 Å². The second-order valence-electron chi connectivity index (χ2n) is 4.37. The molecular formula is C15H10F4N2. The first-order chi connectivity index (χ1) is 10.0. The molecular weight excluding hydrogens is 284 g/mol. The molecule has 0 spiro atoms. The predicted octanol–water partition coefficient (Wildman–Crippen LogP) is 3.40. The molecule has 2 rings (SSSR count). The summed E-state index contributed by atoms with van der Waals surface area (Å²) >= 11 is 0. The number of nitrogens with zero attached hydrogens (tertiary/aromatic N) is 1. The Kier molecular flexibility index (Phi) is 4.55. The second kappa shape index (κ2) is 6.37. The molecule has 0 amide bonds. The fourth-order valence-corrected chi connectivity index (χ4v) is 1.82. The Morgan fingerprint density at radius 2 is 1.57 bits per heavy atom. The summed E-state index contributed by atoms with van der Waals surface area (Å²) in [7, 11) is 0. The van der Waals surface area contributed by atoms with E-state index in [4.69, 9.17) is 5.26 Å². The highest BCUT2D eigenvalue weighted by Crippen LogP contribution is 2.15. The number of nitriles is 1. The van der Waals surface area contributed by atoms with Crippen LogP contribution >= 0.6 is 0 Å². The lowest BCUT2D eigenvalue weighted by Gasteiger charge is -2.08. The van der Waals surface area contributed by atoms with Gasteiger partial charge in [-0.3, -0.25) is 0 Å². The minimum Gasteiger partial charge on any atom is -0.308 e. The first-order valence-corrected chi connectivity index (χ1v) is 6.04. The van der Waals surface area contributed by atoms with E-state index in [-0.39, 0.29) is 29.8 Å². The SMILES string of the molecule is N#Cc1cc(F)c(CNCc2ccc(F)cc2F)c(F)c1. The van der Waals surface area contributed by atoms with Crippen molar-refractivity contribution in [3.05, 3.63) is 70.3 Å². The van der Waals surface area contributed by atoms with Crippen molar-refractivity contribution < 1.29 is 17.6 Å². The molecule has 0 atom stereocenters. The van der Waals surface area contributed by atoms with Crippen molar-refractivity contribution in [2.75, 3.05) is 0 Å². The maximum atomic E-state index is 13.6. The van der Waals surface area contributed by atoms with E-state index in [0.717, 1.165) is 24.3 Å². The smallest absolute Gasteiger partial charge is 0.131 e. The third kappa shape index (κ3) is 3.58. The molecule has 1 N–H and O–H groups in total. The van der Waals surface area contributed by atoms with Gasteiger partial charge in [0.25, 0.3) is 0 Å². The Bertz CT molecular complexity index is 684. The van der Waals surface area contributed by atoms with Gasteiger partial charge in [-0.1, -0.05) is 6.07 Å². The molecule has 6 heteroatoms. The van der Waals surface area contributed by atoms with Crippen LogP contribution in [-0.2, 0) is 13.1 Å². The molecule has 0 radical (unpaired) electrons. The lowest BCUT2D eigenvalue weighted by Crippen LogP contribution is -2.16. The van der Waals surface area contributed by atoms with Crippen LogP contribution in [0.25, 0.3) is 0 Å². The Morgan fingerprint density at radius 3 is 2.14 bits per heavy atom. The van der Waals surface area contributed by atoms with Crippen LogP contribution in [0.5, 0.6) is 0 Å². The van der Waals surface area contributed by atoms with Crippen LogP contribution in [0.1, 0.15) is 16.7 Å². The molecule has 2 aromatic rings. The van der Waals surface area contributed by atoms with Gasteiger partial charge in [0.1, 0.15) is 23.3 Å². The van der Waals surface area contributed by atoms with Gasteiger partial charge in [-0.05, 0) is 18.2 Å². The highest BCUT2D eigenvalue weighted by molar-refractivity contribution is 5.34. The first kappa shape index (κ1) is 15.0. The molecule has 2 aromatic carbocycles. The Hall–Kier alpha value is -2.39. The summed E-state index contributed by atoms with van der Waals surface area (Å²) in [4.78, 5) is 0. The standard InChI is InChI=1S/C15H10F4N2/c16-11-2-1-10(13(17)5-11)7-21-8-12-14(18)3-9(6-20)4-15(12)19/h1-5,21H,7-8H2. The summed E-state index contributed by atoms with van der Waals surface area (Å²) in [5.41, 5.74) is -0.166. The van der Waals surface area contributed by atoms with Gasteiger partial charge in [-0.15, -0.1) is 0 Å². The van der Waals surface area contributed by atoms with Crippen LogP contribution in [0.4, 0.5) is 17.6 Å². The largest absolute Gasteiger partial charge is 0.308 e. The van der Waals surface area contributed by atoms with Gasteiger partial charge < -0.3 is 5.32 Å². The number of halogens is 4. The molecule has 0 fully saturated rings. The molecule has 0 aromatic heterocycles. The predicted molar refractivity (Wildman–Crippen MR) is 68.0 cm³/mol. The third-order valence-corrected chi connectivity index (χ3v) is 2.90. The summed E-state index contributed by atoms with van der Waals surface area (Å²) in [5.74, 6) is -3.12. The number of nitrogens with one attached hydrogen (secondary N) is 1. The Morgan fingerprint density at radius 1 is 0.905 bits per heavy atom. The molecule has 108 valence electrons. The van der Waals surface area contributed by atoms with Crippen molar-refractivity contribution in [3.63, 3.8) is 0 Å². The van der Waals surface area contributed by atoms with E-state index >= 15 is 0 Å². The van der Waals surface area contributed by atoms with Gasteiger partial charge in [0, 0.05) is 30.3 Å². The Labute approximate surface area is 118 Å². The monoisotopic (exact) mass is 294 g/mol. The summed E-state index contributed by atoms with van der Waals surface area (Å²) in [6.07, 6.45) is 0. The van der Waals surface area contributed by atoms with Crippen LogP contribution in [0.3, 0.4) is 0 Å². The van der Waals surface area contributed by atoms with Crippen molar-refractivity contribution in [1.29, 1.82) is 5.26 Å². The highest BCUT2D eigenvalue weighted by atomic mass is 19.1. The zero-order valence-electron chi connectivity index (χ0n) is 10.8. The van der Waals surface area contributed by atoms with Crippen molar-refractivity contribution >= 4 is 0 Å². The molecule has 21 heavy (non-hydrogen) atoms. The minimum absolute atomic E-state index is 0.00893. The van der Waals surface area contributed by atoms with Crippen molar-refractivity contribution in [2.45, 2.75) is 13.1 Å². The maximum absolute atomic E-state index is 13.6. The number of hydrogen-bond donors (Lipinski definition) is 1. The van der Waals surface area contributed by atoms with E-state index in [1.807, 2.05) is 0 Å². The average molecular weight is 294 g/mol. The first-order valence-electron chi connectivity index (χ1n) is 6.04. The summed E-state index contributed by atoms with van der Waals surface area (Å²) in [5, 5.41) is 11.3. The topological polar surface area (TPSA) is 35.8 Å². The summed E-state index contributed by atoms with van der Waals surface area (Å²) < 4.78 is 53.3. The van der Waals surface area contributed by atoms with E-state index in [9.17, 15) is 17.6 Å². The quantitative estimate of drug-likeness (QED) is 0.877. The molecule has 2 nitrogen and oxygen atoms in total. The molecule has 0 aliphatic rings. The van der Waals surface area contributed by atoms with Gasteiger partial charge >= 0.3 is 0 Å². The maximum Gasteiger partial charge on any atom is 0.131 e. The van der Waals surface area contributed by atoms with Crippen LogP contribution in [0, 0.1) is 34.6 Å². The van der Waals surface area contributed by atoms with E-state index in [0.29, 0.717) is 0 Å². The van der Waals surface area contributed by atoms with Gasteiger partial charge in [0.2, 0.25) is 0 Å². The summed E-state index contributed by atoms with van der Waals surface area (Å²) in [6.45, 7) is -0.189. The zero-order chi connectivity index (χ0) is 15.4. The fraction of sp³-hybridized carbons (Fsp3) is 0.133. The van der Waals surface area contributed by atoms with Gasteiger partial charge in [0.05, 0.1) is 11.6 Å². The minimum atomic E-state index is -0.848. The van der Waals surface area contributed by atoms with Crippen molar-refractivity contribution in [3.8, 4) is 6.07 Å². The lowest BCUT2D eigenvalue weighted by molar-refractivity contribution is 0.526. The van der Waals surface area contributed by atoms with Gasteiger partial charge in [-0.2, -0.15) is 5.26 Å². The van der Waals surface area contributed by atoms with E-state index in [1.165, 1.54) is 6.07 Å². The van der Waals surface area contributed by atoms with Crippen molar-refractivity contribution in [1.82, 2.24) is 5.32 Å². The molecule has 0 heterocycles. The van der Waals surface area contributed by atoms with E-state index in [1.54, 1.807) is 6.07 Å². The molecule has 0 unspecified atom stereocenters. The van der Waals surface area contributed by atoms with Crippen LogP contribution in [0.15, 0.2) is 30.3 Å². The molecule has 0 aliphatic carbocycles. The van der Waals surface area contributed by atoms with Crippen LogP contribution < -0.4 is 5.32 Å². The van der Waals surface area contributed by atoms with Crippen LogP contribution in [0.2, 0.25) is 0 Å². The number of benzene rings is 2. The molecule has 0 saturated heterocycles. The fourth-order valence-electron chi connectivity index (χ4n) is 1.82. The van der Waals surface area contributed by atoms with E-state index < -0.39 is 23.3 Å². The normalized spacial score (nSPS) is 10.4. The lowest BCUT2D eigenvalue weighted by atomic mass is 10.1. The number of hydrogen-bond acceptors (Lipinski definition) is 2. The van der Waals surface area contributed by atoms with Gasteiger partial charge in [-0.25, -0.2) is 17.6 Å². The average Bonchev–Trinajstić information content (AvgIpc) is 2.43. The molecule has 0 saturated carbocycles. The Balaban J connectivity index is 2.06. The molecule has 0 aliphatic heterocycles.